The summed E-state index contributed by atoms with van der Waals surface area (Å²) in [6.45, 7) is 0.145. The Bertz CT molecular complexity index is 770. The quantitative estimate of drug-likeness (QED) is 0.750. The van der Waals surface area contributed by atoms with Gasteiger partial charge in [0.2, 0.25) is 0 Å². The number of aromatic hydroxyl groups is 2. The highest BCUT2D eigenvalue weighted by atomic mass is 16.5. The highest BCUT2D eigenvalue weighted by Crippen LogP contribution is 2.53. The zero-order valence-electron chi connectivity index (χ0n) is 12.0. The minimum atomic E-state index is -1.05. The third-order valence-electron chi connectivity index (χ3n) is 4.57. The number of fused-ring (bicyclic) bond motifs is 5. The van der Waals surface area contributed by atoms with Crippen molar-refractivity contribution in [3.05, 3.63) is 47.0 Å². The van der Waals surface area contributed by atoms with Crippen molar-refractivity contribution in [3.63, 3.8) is 0 Å². The van der Waals surface area contributed by atoms with Gasteiger partial charge in [0.25, 0.3) is 0 Å². The van der Waals surface area contributed by atoms with E-state index in [2.05, 4.69) is 0 Å². The van der Waals surface area contributed by atoms with E-state index in [0.717, 1.165) is 16.7 Å². The van der Waals surface area contributed by atoms with E-state index >= 15 is 0 Å². The fourth-order valence-electron chi connectivity index (χ4n) is 3.61. The normalized spacial score (nSPS) is 24.9. The minimum Gasteiger partial charge on any atom is -0.508 e. The molecular weight excluding hydrogens is 284 g/mol. The molecule has 2 aliphatic rings. The average Bonchev–Trinajstić information content (AvgIpc) is 2.78. The molecule has 1 aliphatic heterocycles. The van der Waals surface area contributed by atoms with Gasteiger partial charge in [-0.3, -0.25) is 0 Å². The van der Waals surface area contributed by atoms with E-state index in [4.69, 9.17) is 9.47 Å². The van der Waals surface area contributed by atoms with Crippen LogP contribution >= 0.6 is 0 Å². The molecule has 0 amide bonds. The van der Waals surface area contributed by atoms with Crippen LogP contribution in [0.15, 0.2) is 30.3 Å². The molecule has 2 aromatic carbocycles. The van der Waals surface area contributed by atoms with E-state index in [-0.39, 0.29) is 24.0 Å². The molecule has 0 aromatic heterocycles. The molecule has 1 heterocycles. The maximum Gasteiger partial charge on any atom is 0.160 e. The van der Waals surface area contributed by atoms with Gasteiger partial charge < -0.3 is 24.8 Å². The van der Waals surface area contributed by atoms with Gasteiger partial charge in [-0.15, -0.1) is 0 Å². The lowest BCUT2D eigenvalue weighted by Crippen LogP contribution is -2.43. The van der Waals surface area contributed by atoms with Crippen LogP contribution in [0.2, 0.25) is 0 Å². The average molecular weight is 300 g/mol. The molecule has 0 radical (unpaired) electrons. The Hall–Kier alpha value is -2.40. The second kappa shape index (κ2) is 4.30. The number of ether oxygens (including phenoxy) is 2. The van der Waals surface area contributed by atoms with Gasteiger partial charge in [0.05, 0.1) is 7.11 Å². The number of phenols is 2. The van der Waals surface area contributed by atoms with Crippen molar-refractivity contribution in [2.75, 3.05) is 13.7 Å². The zero-order valence-corrected chi connectivity index (χ0v) is 12.0. The Balaban J connectivity index is 1.92. The van der Waals surface area contributed by atoms with Gasteiger partial charge in [-0.2, -0.15) is 0 Å². The monoisotopic (exact) mass is 300 g/mol. The molecule has 0 saturated carbocycles. The Kier molecular flexibility index (Phi) is 2.60. The lowest BCUT2D eigenvalue weighted by atomic mass is 9.80. The second-order valence-electron chi connectivity index (χ2n) is 5.95. The molecule has 0 saturated heterocycles. The molecule has 22 heavy (non-hydrogen) atoms. The standard InChI is InChI=1S/C17H16O5/c1-21-15-4-9-7-17(20)8-22-14-5-10(18)2-3-11(14)16(17)12(9)6-13(15)19/h2-6,16,18-20H,7-8H2,1H3/t16-,17+/m1/s1. The topological polar surface area (TPSA) is 79.2 Å². The summed E-state index contributed by atoms with van der Waals surface area (Å²) in [5, 5.41) is 30.7. The van der Waals surface area contributed by atoms with E-state index in [1.807, 2.05) is 0 Å². The fourth-order valence-corrected chi connectivity index (χ4v) is 3.61. The number of rotatable bonds is 1. The predicted molar refractivity (Wildman–Crippen MR) is 78.8 cm³/mol. The van der Waals surface area contributed by atoms with Crippen molar-refractivity contribution in [2.24, 2.45) is 0 Å². The van der Waals surface area contributed by atoms with Crippen molar-refractivity contribution in [2.45, 2.75) is 17.9 Å². The zero-order chi connectivity index (χ0) is 15.5. The van der Waals surface area contributed by atoms with Crippen LogP contribution in [-0.2, 0) is 6.42 Å². The first-order valence-electron chi connectivity index (χ1n) is 7.10. The van der Waals surface area contributed by atoms with E-state index in [0.29, 0.717) is 17.9 Å². The van der Waals surface area contributed by atoms with E-state index in [1.165, 1.54) is 7.11 Å². The van der Waals surface area contributed by atoms with Crippen molar-refractivity contribution in [1.29, 1.82) is 0 Å². The van der Waals surface area contributed by atoms with Gasteiger partial charge in [0.1, 0.15) is 23.7 Å². The van der Waals surface area contributed by atoms with Crippen molar-refractivity contribution in [3.8, 4) is 23.0 Å². The van der Waals surface area contributed by atoms with Crippen LogP contribution in [0, 0.1) is 0 Å². The van der Waals surface area contributed by atoms with Crippen molar-refractivity contribution >= 4 is 0 Å². The number of methoxy groups -OCH3 is 1. The number of hydrogen-bond acceptors (Lipinski definition) is 5. The molecule has 2 aromatic rings. The Morgan fingerprint density at radius 2 is 2.00 bits per heavy atom. The van der Waals surface area contributed by atoms with Crippen LogP contribution in [0.5, 0.6) is 23.0 Å². The molecule has 0 bridgehead atoms. The first kappa shape index (κ1) is 13.3. The molecule has 114 valence electrons. The minimum absolute atomic E-state index is 0.0531. The predicted octanol–water partition coefficient (Wildman–Crippen LogP) is 1.92. The molecular formula is C17H16O5. The first-order chi connectivity index (χ1) is 10.5. The molecule has 5 nitrogen and oxygen atoms in total. The summed E-state index contributed by atoms with van der Waals surface area (Å²) in [5.74, 6) is 0.853. The Morgan fingerprint density at radius 3 is 2.77 bits per heavy atom. The molecule has 3 N–H and O–H groups in total. The maximum atomic E-state index is 11.0. The Labute approximate surface area is 127 Å². The van der Waals surface area contributed by atoms with Crippen LogP contribution in [0.4, 0.5) is 0 Å². The van der Waals surface area contributed by atoms with Gasteiger partial charge in [-0.05, 0) is 29.3 Å². The van der Waals surface area contributed by atoms with E-state index in [1.54, 1.807) is 30.3 Å². The highest BCUT2D eigenvalue weighted by molar-refractivity contribution is 5.58. The third kappa shape index (κ3) is 1.69. The SMILES string of the molecule is COc1cc2c(cc1O)[C@H]1c3ccc(O)cc3OC[C@@]1(O)C2. The van der Waals surface area contributed by atoms with Crippen LogP contribution in [-0.4, -0.2) is 34.6 Å². The van der Waals surface area contributed by atoms with Crippen molar-refractivity contribution in [1.82, 2.24) is 0 Å². The molecule has 5 heteroatoms. The largest absolute Gasteiger partial charge is 0.508 e. The fraction of sp³-hybridized carbons (Fsp3) is 0.294. The summed E-state index contributed by atoms with van der Waals surface area (Å²) < 4.78 is 10.8. The number of benzene rings is 2. The molecule has 0 spiro atoms. The molecule has 0 unspecified atom stereocenters. The van der Waals surface area contributed by atoms with Crippen LogP contribution in [0.25, 0.3) is 0 Å². The molecule has 2 atom stereocenters. The molecule has 4 rings (SSSR count). The summed E-state index contributed by atoms with van der Waals surface area (Å²) >= 11 is 0. The van der Waals surface area contributed by atoms with Gasteiger partial charge >= 0.3 is 0 Å². The van der Waals surface area contributed by atoms with Gasteiger partial charge in [0, 0.05) is 24.0 Å². The highest BCUT2D eigenvalue weighted by Gasteiger charge is 2.50. The van der Waals surface area contributed by atoms with Gasteiger partial charge in [0.15, 0.2) is 11.5 Å². The summed E-state index contributed by atoms with van der Waals surface area (Å²) in [6.07, 6.45) is 0.434. The smallest absolute Gasteiger partial charge is 0.160 e. The first-order valence-corrected chi connectivity index (χ1v) is 7.10. The molecule has 1 aliphatic carbocycles. The van der Waals surface area contributed by atoms with E-state index in [9.17, 15) is 15.3 Å². The van der Waals surface area contributed by atoms with Gasteiger partial charge in [-0.25, -0.2) is 0 Å². The second-order valence-corrected chi connectivity index (χ2v) is 5.95. The van der Waals surface area contributed by atoms with Crippen molar-refractivity contribution < 1.29 is 24.8 Å². The number of hydrogen-bond donors (Lipinski definition) is 3. The number of aliphatic hydroxyl groups is 1. The van der Waals surface area contributed by atoms with Crippen LogP contribution < -0.4 is 9.47 Å². The Morgan fingerprint density at radius 1 is 1.18 bits per heavy atom. The summed E-state index contributed by atoms with van der Waals surface area (Å²) in [4.78, 5) is 0. The van der Waals surface area contributed by atoms with Crippen LogP contribution in [0.3, 0.4) is 0 Å². The summed E-state index contributed by atoms with van der Waals surface area (Å²) in [6, 6.07) is 8.31. The number of phenolic OH excluding ortho intramolecular Hbond substituents is 2. The summed E-state index contributed by atoms with van der Waals surface area (Å²) in [5.41, 5.74) is 1.57. The third-order valence-corrected chi connectivity index (χ3v) is 4.57. The van der Waals surface area contributed by atoms with E-state index < -0.39 is 5.60 Å². The lowest BCUT2D eigenvalue weighted by molar-refractivity contribution is -0.0218. The maximum absolute atomic E-state index is 11.0. The lowest BCUT2D eigenvalue weighted by Gasteiger charge is -2.36. The summed E-state index contributed by atoms with van der Waals surface area (Å²) in [7, 11) is 1.50. The van der Waals surface area contributed by atoms with Gasteiger partial charge in [-0.1, -0.05) is 6.07 Å². The molecule has 0 fully saturated rings. The van der Waals surface area contributed by atoms with Crippen LogP contribution in [0.1, 0.15) is 22.6 Å².